The van der Waals surface area contributed by atoms with Gasteiger partial charge in [-0.25, -0.2) is 0 Å². The number of rotatable bonds is 8. The van der Waals surface area contributed by atoms with Crippen LogP contribution in [0.25, 0.3) is 6.08 Å². The highest BCUT2D eigenvalue weighted by molar-refractivity contribution is 6.09. The zero-order chi connectivity index (χ0) is 22.9. The first-order valence-corrected chi connectivity index (χ1v) is 10.1. The van der Waals surface area contributed by atoms with E-state index < -0.39 is 12.5 Å². The lowest BCUT2D eigenvalue weighted by Crippen LogP contribution is -2.36. The monoisotopic (exact) mass is 443 g/mol. The molecule has 0 unspecified atom stereocenters. The smallest absolute Gasteiger partial charge is 0.387 e. The van der Waals surface area contributed by atoms with Crippen molar-refractivity contribution in [2.75, 3.05) is 43.1 Å². The lowest BCUT2D eigenvalue weighted by atomic mass is 10.1. The molecular weight excluding hydrogens is 420 g/mol. The van der Waals surface area contributed by atoms with Crippen LogP contribution in [-0.4, -0.2) is 45.4 Å². The Bertz CT molecular complexity index is 997. The number of nitrogens with zero attached hydrogens (tertiary/aromatic N) is 2. The van der Waals surface area contributed by atoms with Crippen LogP contribution in [-0.2, 0) is 9.53 Å². The van der Waals surface area contributed by atoms with Crippen LogP contribution in [0.5, 0.6) is 11.5 Å². The Morgan fingerprint density at radius 1 is 1.22 bits per heavy atom. The van der Waals surface area contributed by atoms with E-state index in [1.165, 1.54) is 24.3 Å². The first-order valence-electron chi connectivity index (χ1n) is 10.1. The largest absolute Gasteiger partial charge is 0.490 e. The van der Waals surface area contributed by atoms with Crippen molar-refractivity contribution in [1.29, 1.82) is 5.26 Å². The molecule has 1 aliphatic rings. The van der Waals surface area contributed by atoms with Gasteiger partial charge in [-0.1, -0.05) is 6.07 Å². The molecule has 0 atom stereocenters. The second-order valence-corrected chi connectivity index (χ2v) is 6.79. The van der Waals surface area contributed by atoms with Gasteiger partial charge in [0.1, 0.15) is 11.6 Å². The molecule has 3 rings (SSSR count). The fourth-order valence-electron chi connectivity index (χ4n) is 3.17. The molecule has 32 heavy (non-hydrogen) atoms. The number of anilines is 2. The molecule has 1 aliphatic heterocycles. The minimum Gasteiger partial charge on any atom is -0.490 e. The number of nitriles is 1. The highest BCUT2D eigenvalue weighted by atomic mass is 19.3. The van der Waals surface area contributed by atoms with Gasteiger partial charge in [-0.15, -0.1) is 0 Å². The molecule has 0 aromatic heterocycles. The van der Waals surface area contributed by atoms with E-state index in [0.29, 0.717) is 24.5 Å². The molecule has 1 amide bonds. The molecule has 2 aromatic rings. The van der Waals surface area contributed by atoms with Crippen molar-refractivity contribution in [2.45, 2.75) is 13.5 Å². The van der Waals surface area contributed by atoms with E-state index in [2.05, 4.69) is 15.0 Å². The van der Waals surface area contributed by atoms with Crippen LogP contribution in [0, 0.1) is 11.3 Å². The molecule has 2 aromatic carbocycles. The number of carbonyl (C=O) groups excluding carboxylic acids is 1. The van der Waals surface area contributed by atoms with Crippen LogP contribution in [0.2, 0.25) is 0 Å². The van der Waals surface area contributed by atoms with Gasteiger partial charge < -0.3 is 24.4 Å². The predicted molar refractivity (Wildman–Crippen MR) is 116 cm³/mol. The van der Waals surface area contributed by atoms with Crippen LogP contribution in [0.15, 0.2) is 48.0 Å². The van der Waals surface area contributed by atoms with Gasteiger partial charge >= 0.3 is 6.61 Å². The molecule has 1 N–H and O–H groups in total. The van der Waals surface area contributed by atoms with E-state index >= 15 is 0 Å². The number of nitrogens with one attached hydrogen (secondary N) is 1. The number of amides is 1. The fraction of sp³-hybridized carbons (Fsp3) is 0.304. The van der Waals surface area contributed by atoms with E-state index in [9.17, 15) is 18.8 Å². The van der Waals surface area contributed by atoms with E-state index in [0.717, 1.165) is 18.8 Å². The van der Waals surface area contributed by atoms with E-state index in [1.54, 1.807) is 19.1 Å². The minimum atomic E-state index is -2.99. The molecule has 9 heteroatoms. The Morgan fingerprint density at radius 2 is 1.94 bits per heavy atom. The number of carbonyl (C=O) groups is 1. The third kappa shape index (κ3) is 6.18. The summed E-state index contributed by atoms with van der Waals surface area (Å²) in [4.78, 5) is 14.8. The Kier molecular flexibility index (Phi) is 8.00. The van der Waals surface area contributed by atoms with E-state index in [4.69, 9.17) is 9.47 Å². The predicted octanol–water partition coefficient (Wildman–Crippen LogP) is 4.07. The Morgan fingerprint density at radius 3 is 2.56 bits per heavy atom. The second-order valence-electron chi connectivity index (χ2n) is 6.79. The average Bonchev–Trinajstić information content (AvgIpc) is 2.80. The Hall–Kier alpha value is -3.64. The summed E-state index contributed by atoms with van der Waals surface area (Å²) in [6.45, 7) is 1.90. The highest BCUT2D eigenvalue weighted by Crippen LogP contribution is 2.30. The maximum Gasteiger partial charge on any atom is 0.387 e. The summed E-state index contributed by atoms with van der Waals surface area (Å²) in [6, 6.07) is 13.4. The molecule has 1 heterocycles. The minimum absolute atomic E-state index is 0.0953. The number of morpholine rings is 1. The van der Waals surface area contributed by atoms with Crippen molar-refractivity contribution in [3.8, 4) is 17.6 Å². The van der Waals surface area contributed by atoms with Crippen molar-refractivity contribution in [1.82, 2.24) is 0 Å². The van der Waals surface area contributed by atoms with Gasteiger partial charge in [-0.05, 0) is 55.0 Å². The normalized spacial score (nSPS) is 14.1. The lowest BCUT2D eigenvalue weighted by Gasteiger charge is -2.28. The van der Waals surface area contributed by atoms with Gasteiger partial charge in [-0.2, -0.15) is 14.0 Å². The fourth-order valence-corrected chi connectivity index (χ4v) is 3.17. The molecule has 0 radical (unpaired) electrons. The molecule has 0 spiro atoms. The Labute approximate surface area is 184 Å². The quantitative estimate of drug-likeness (QED) is 0.489. The van der Waals surface area contributed by atoms with Crippen LogP contribution >= 0.6 is 0 Å². The zero-order valence-electron chi connectivity index (χ0n) is 17.5. The van der Waals surface area contributed by atoms with Gasteiger partial charge in [0.15, 0.2) is 11.5 Å². The number of hydrogen-bond acceptors (Lipinski definition) is 6. The number of benzene rings is 2. The summed E-state index contributed by atoms with van der Waals surface area (Å²) in [7, 11) is 0. The van der Waals surface area contributed by atoms with Gasteiger partial charge in [0.05, 0.1) is 19.8 Å². The summed E-state index contributed by atoms with van der Waals surface area (Å²) in [6.07, 6.45) is 1.35. The van der Waals surface area contributed by atoms with Crippen molar-refractivity contribution >= 4 is 23.4 Å². The topological polar surface area (TPSA) is 83.8 Å². The SMILES string of the molecule is CCOc1cc(/C=C(\C#N)C(=O)Nc2ccc(N3CCOCC3)cc2)ccc1OC(F)F. The summed E-state index contributed by atoms with van der Waals surface area (Å²) in [5, 5.41) is 12.1. The second kappa shape index (κ2) is 11.1. The van der Waals surface area contributed by atoms with E-state index in [-0.39, 0.29) is 23.7 Å². The van der Waals surface area contributed by atoms with E-state index in [1.807, 2.05) is 18.2 Å². The van der Waals surface area contributed by atoms with Crippen LogP contribution in [0.3, 0.4) is 0 Å². The molecular formula is C23H23F2N3O4. The van der Waals surface area contributed by atoms with Gasteiger partial charge in [0.2, 0.25) is 0 Å². The third-order valence-corrected chi connectivity index (χ3v) is 4.66. The van der Waals surface area contributed by atoms with Gasteiger partial charge in [0, 0.05) is 24.5 Å². The number of halogens is 2. The van der Waals surface area contributed by atoms with Crippen molar-refractivity contribution in [3.63, 3.8) is 0 Å². The first-order chi connectivity index (χ1) is 15.5. The summed E-state index contributed by atoms with van der Waals surface area (Å²) < 4.78 is 40.2. The van der Waals surface area contributed by atoms with Gasteiger partial charge in [0.25, 0.3) is 5.91 Å². The van der Waals surface area contributed by atoms with Gasteiger partial charge in [-0.3, -0.25) is 4.79 Å². The summed E-state index contributed by atoms with van der Waals surface area (Å²) in [5.74, 6) is -0.613. The molecule has 0 aliphatic carbocycles. The number of hydrogen-bond donors (Lipinski definition) is 1. The van der Waals surface area contributed by atoms with Crippen molar-refractivity contribution in [2.24, 2.45) is 0 Å². The third-order valence-electron chi connectivity index (χ3n) is 4.66. The zero-order valence-corrected chi connectivity index (χ0v) is 17.5. The first kappa shape index (κ1) is 23.0. The molecule has 168 valence electrons. The molecule has 0 saturated carbocycles. The lowest BCUT2D eigenvalue weighted by molar-refractivity contribution is -0.112. The summed E-state index contributed by atoms with van der Waals surface area (Å²) >= 11 is 0. The van der Waals surface area contributed by atoms with Crippen LogP contribution < -0.4 is 19.7 Å². The van der Waals surface area contributed by atoms with Crippen molar-refractivity contribution < 1.29 is 27.8 Å². The molecule has 1 saturated heterocycles. The van der Waals surface area contributed by atoms with Crippen LogP contribution in [0.1, 0.15) is 12.5 Å². The standard InChI is InChI=1S/C23H23F2N3O4/c1-2-31-21-14-16(3-8-20(21)32-23(24)25)13-17(15-26)22(29)27-18-4-6-19(7-5-18)28-9-11-30-12-10-28/h3-8,13-14,23H,2,9-12H2,1H3,(H,27,29)/b17-13+. The summed E-state index contributed by atoms with van der Waals surface area (Å²) in [5.41, 5.74) is 1.86. The number of ether oxygens (including phenoxy) is 3. The Balaban J connectivity index is 1.72. The highest BCUT2D eigenvalue weighted by Gasteiger charge is 2.15. The molecule has 1 fully saturated rings. The maximum atomic E-state index is 12.6. The van der Waals surface area contributed by atoms with Crippen LogP contribution in [0.4, 0.5) is 20.2 Å². The van der Waals surface area contributed by atoms with Crippen molar-refractivity contribution in [3.05, 3.63) is 53.6 Å². The average molecular weight is 443 g/mol. The number of alkyl halides is 2. The maximum absolute atomic E-state index is 12.6. The molecule has 7 nitrogen and oxygen atoms in total. The molecule has 0 bridgehead atoms.